The van der Waals surface area contributed by atoms with Gasteiger partial charge in [-0.25, -0.2) is 0 Å². The zero-order valence-electron chi connectivity index (χ0n) is 11.7. The maximum Gasteiger partial charge on any atom is 0.122 e. The van der Waals surface area contributed by atoms with E-state index < -0.39 is 0 Å². The first-order chi connectivity index (χ1) is 10.3. The van der Waals surface area contributed by atoms with Gasteiger partial charge in [0, 0.05) is 17.2 Å². The van der Waals surface area contributed by atoms with Crippen LogP contribution in [0.25, 0.3) is 10.1 Å². The largest absolute Gasteiger partial charge is 0.493 e. The molecule has 1 aromatic heterocycles. The Morgan fingerprint density at radius 2 is 2.10 bits per heavy atom. The van der Waals surface area contributed by atoms with Crippen LogP contribution in [0.5, 0.6) is 5.75 Å². The molecule has 0 radical (unpaired) electrons. The van der Waals surface area contributed by atoms with Crippen LogP contribution in [0.2, 0.25) is 0 Å². The van der Waals surface area contributed by atoms with Crippen molar-refractivity contribution in [3.8, 4) is 5.75 Å². The summed E-state index contributed by atoms with van der Waals surface area (Å²) < 4.78 is 6.89. The van der Waals surface area contributed by atoms with Crippen LogP contribution >= 0.6 is 11.3 Å². The van der Waals surface area contributed by atoms with Crippen molar-refractivity contribution in [2.24, 2.45) is 5.73 Å². The lowest BCUT2D eigenvalue weighted by molar-refractivity contribution is 0.357. The van der Waals surface area contributed by atoms with E-state index >= 15 is 0 Å². The average molecular weight is 295 g/mol. The molecule has 1 aliphatic rings. The number of fused-ring (bicyclic) bond motifs is 2. The maximum atomic E-state index is 6.44. The second-order valence-electron chi connectivity index (χ2n) is 5.53. The Hall–Kier alpha value is -1.84. The predicted molar refractivity (Wildman–Crippen MR) is 88.1 cm³/mol. The summed E-state index contributed by atoms with van der Waals surface area (Å²) in [5.41, 5.74) is 10.3. The Labute approximate surface area is 128 Å². The molecule has 0 bridgehead atoms. The number of thiophene rings is 1. The monoisotopic (exact) mass is 295 g/mol. The van der Waals surface area contributed by atoms with E-state index in [-0.39, 0.29) is 6.04 Å². The minimum Gasteiger partial charge on any atom is -0.493 e. The highest BCUT2D eigenvalue weighted by Crippen LogP contribution is 2.31. The Balaban J connectivity index is 1.62. The number of rotatable bonds is 3. The van der Waals surface area contributed by atoms with Crippen molar-refractivity contribution in [3.05, 3.63) is 64.5 Å². The van der Waals surface area contributed by atoms with Crippen LogP contribution in [0.3, 0.4) is 0 Å². The molecule has 3 heteroatoms. The van der Waals surface area contributed by atoms with Crippen molar-refractivity contribution in [3.63, 3.8) is 0 Å². The summed E-state index contributed by atoms with van der Waals surface area (Å²) in [6.07, 6.45) is 1.88. The van der Waals surface area contributed by atoms with Gasteiger partial charge in [-0.1, -0.05) is 30.3 Å². The number of ether oxygens (including phenoxy) is 1. The van der Waals surface area contributed by atoms with Crippen LogP contribution < -0.4 is 10.5 Å². The standard InChI is InChI=1S/C18H17NOS/c19-16(12-5-6-17-13(9-12)7-8-20-17)10-14-11-21-18-4-2-1-3-15(14)18/h1-6,9,11,16H,7-8,10,19H2. The molecule has 2 heterocycles. The van der Waals surface area contributed by atoms with Crippen LogP contribution in [-0.4, -0.2) is 6.61 Å². The lowest BCUT2D eigenvalue weighted by Gasteiger charge is -2.13. The van der Waals surface area contributed by atoms with Gasteiger partial charge in [-0.3, -0.25) is 0 Å². The predicted octanol–water partition coefficient (Wildman–Crippen LogP) is 4.08. The van der Waals surface area contributed by atoms with Crippen LogP contribution in [0, 0.1) is 0 Å². The molecule has 1 aliphatic heterocycles. The second kappa shape index (κ2) is 5.17. The molecule has 0 amide bonds. The first-order valence-corrected chi connectivity index (χ1v) is 8.15. The van der Waals surface area contributed by atoms with E-state index in [4.69, 9.17) is 10.5 Å². The highest BCUT2D eigenvalue weighted by atomic mass is 32.1. The quantitative estimate of drug-likeness (QED) is 0.790. The SMILES string of the molecule is NC(Cc1csc2ccccc12)c1ccc2c(c1)CCO2. The Morgan fingerprint density at radius 3 is 3.05 bits per heavy atom. The third kappa shape index (κ3) is 2.33. The van der Waals surface area contributed by atoms with Gasteiger partial charge in [0.15, 0.2) is 0 Å². The van der Waals surface area contributed by atoms with Gasteiger partial charge in [-0.2, -0.15) is 0 Å². The zero-order valence-corrected chi connectivity index (χ0v) is 12.5. The topological polar surface area (TPSA) is 35.2 Å². The fraction of sp³-hybridized carbons (Fsp3) is 0.222. The summed E-state index contributed by atoms with van der Waals surface area (Å²) in [5.74, 6) is 1.02. The first kappa shape index (κ1) is 12.9. The van der Waals surface area contributed by atoms with Crippen molar-refractivity contribution >= 4 is 21.4 Å². The van der Waals surface area contributed by atoms with Gasteiger partial charge in [0.1, 0.15) is 5.75 Å². The van der Waals surface area contributed by atoms with Gasteiger partial charge in [-0.05, 0) is 46.0 Å². The number of hydrogen-bond acceptors (Lipinski definition) is 3. The lowest BCUT2D eigenvalue weighted by Crippen LogP contribution is -2.13. The maximum absolute atomic E-state index is 6.44. The fourth-order valence-electron chi connectivity index (χ4n) is 2.98. The van der Waals surface area contributed by atoms with Crippen LogP contribution in [0.4, 0.5) is 0 Å². The Kier molecular flexibility index (Phi) is 3.17. The molecule has 2 nitrogen and oxygen atoms in total. The number of hydrogen-bond donors (Lipinski definition) is 1. The number of nitrogens with two attached hydrogens (primary N) is 1. The molecule has 0 aliphatic carbocycles. The van der Waals surface area contributed by atoms with Crippen molar-refractivity contribution in [2.75, 3.05) is 6.61 Å². The third-order valence-electron chi connectivity index (χ3n) is 4.14. The highest BCUT2D eigenvalue weighted by Gasteiger charge is 2.16. The molecular formula is C18H17NOS. The molecule has 3 aromatic rings. The van der Waals surface area contributed by atoms with E-state index in [0.717, 1.165) is 25.2 Å². The lowest BCUT2D eigenvalue weighted by atomic mass is 9.97. The van der Waals surface area contributed by atoms with E-state index in [9.17, 15) is 0 Å². The summed E-state index contributed by atoms with van der Waals surface area (Å²) >= 11 is 1.80. The molecular weight excluding hydrogens is 278 g/mol. The minimum atomic E-state index is 0.0360. The molecule has 0 spiro atoms. The van der Waals surface area contributed by atoms with Gasteiger partial charge in [0.05, 0.1) is 6.61 Å². The molecule has 2 aromatic carbocycles. The minimum absolute atomic E-state index is 0.0360. The summed E-state index contributed by atoms with van der Waals surface area (Å²) in [7, 11) is 0. The van der Waals surface area contributed by atoms with Gasteiger partial charge in [0.25, 0.3) is 0 Å². The van der Waals surface area contributed by atoms with E-state index in [1.54, 1.807) is 11.3 Å². The van der Waals surface area contributed by atoms with Crippen LogP contribution in [0.1, 0.15) is 22.7 Å². The number of benzene rings is 2. The highest BCUT2D eigenvalue weighted by molar-refractivity contribution is 7.17. The summed E-state index contributed by atoms with van der Waals surface area (Å²) in [4.78, 5) is 0. The van der Waals surface area contributed by atoms with Crippen molar-refractivity contribution in [2.45, 2.75) is 18.9 Å². The second-order valence-corrected chi connectivity index (χ2v) is 6.44. The first-order valence-electron chi connectivity index (χ1n) is 7.27. The Morgan fingerprint density at radius 1 is 1.19 bits per heavy atom. The molecule has 1 unspecified atom stereocenters. The van der Waals surface area contributed by atoms with Gasteiger partial charge < -0.3 is 10.5 Å². The van der Waals surface area contributed by atoms with E-state index in [0.29, 0.717) is 0 Å². The fourth-order valence-corrected chi connectivity index (χ4v) is 3.96. The molecule has 1 atom stereocenters. The van der Waals surface area contributed by atoms with E-state index in [1.165, 1.54) is 26.8 Å². The molecule has 0 saturated carbocycles. The normalized spacial score (nSPS) is 14.9. The van der Waals surface area contributed by atoms with E-state index in [2.05, 4.69) is 47.8 Å². The van der Waals surface area contributed by atoms with Gasteiger partial charge in [0.2, 0.25) is 0 Å². The summed E-state index contributed by atoms with van der Waals surface area (Å²) in [5, 5.41) is 3.57. The Bertz CT molecular complexity index is 793. The molecule has 0 saturated heterocycles. The molecule has 21 heavy (non-hydrogen) atoms. The van der Waals surface area contributed by atoms with Crippen molar-refractivity contribution in [1.82, 2.24) is 0 Å². The van der Waals surface area contributed by atoms with E-state index in [1.807, 2.05) is 0 Å². The van der Waals surface area contributed by atoms with Crippen LogP contribution in [0.15, 0.2) is 47.8 Å². The van der Waals surface area contributed by atoms with Gasteiger partial charge in [-0.15, -0.1) is 11.3 Å². The summed E-state index contributed by atoms with van der Waals surface area (Å²) in [6.45, 7) is 0.795. The van der Waals surface area contributed by atoms with Crippen LogP contribution in [-0.2, 0) is 12.8 Å². The third-order valence-corrected chi connectivity index (χ3v) is 5.15. The van der Waals surface area contributed by atoms with Gasteiger partial charge >= 0.3 is 0 Å². The average Bonchev–Trinajstić information content (AvgIpc) is 3.13. The van der Waals surface area contributed by atoms with Crippen molar-refractivity contribution in [1.29, 1.82) is 0 Å². The smallest absolute Gasteiger partial charge is 0.122 e. The van der Waals surface area contributed by atoms with Crippen molar-refractivity contribution < 1.29 is 4.74 Å². The summed E-state index contributed by atoms with van der Waals surface area (Å²) in [6, 6.07) is 14.9. The zero-order chi connectivity index (χ0) is 14.2. The molecule has 0 fully saturated rings. The molecule has 106 valence electrons. The molecule has 4 rings (SSSR count). The molecule has 2 N–H and O–H groups in total.